The molecule has 2 aromatic rings. The van der Waals surface area contributed by atoms with Crippen LogP contribution < -0.4 is 14.8 Å². The maximum atomic E-state index is 5.58. The maximum Gasteiger partial charge on any atom is 0.194 e. The minimum absolute atomic E-state index is 0.0765. The first kappa shape index (κ1) is 21.6. The standard InChI is InChI=1S/C21H32N4O3/c1-7-22-21(23-14-18(24(2)3)19-9-8-12-28-19)25(4)15-16-10-11-17(26-5)13-20(16)27-6/h8-13,18H,7,14-15H2,1-6H3,(H,22,23). The molecule has 0 fully saturated rings. The van der Waals surface area contributed by atoms with E-state index in [9.17, 15) is 0 Å². The number of nitrogens with zero attached hydrogens (tertiary/aromatic N) is 3. The zero-order valence-corrected chi connectivity index (χ0v) is 17.7. The van der Waals surface area contributed by atoms with Crippen LogP contribution in [-0.4, -0.2) is 64.2 Å². The number of aliphatic imine (C=N–C) groups is 1. The van der Waals surface area contributed by atoms with Gasteiger partial charge in [-0.05, 0) is 45.3 Å². The summed E-state index contributed by atoms with van der Waals surface area (Å²) in [7, 11) is 9.39. The van der Waals surface area contributed by atoms with Gasteiger partial charge in [0.25, 0.3) is 0 Å². The number of benzene rings is 1. The van der Waals surface area contributed by atoms with Gasteiger partial charge in [-0.3, -0.25) is 9.89 Å². The third-order valence-electron chi connectivity index (χ3n) is 4.51. The van der Waals surface area contributed by atoms with Crippen LogP contribution >= 0.6 is 0 Å². The molecule has 0 bridgehead atoms. The van der Waals surface area contributed by atoms with Crippen LogP contribution in [0.1, 0.15) is 24.3 Å². The molecule has 7 nitrogen and oxygen atoms in total. The fourth-order valence-corrected chi connectivity index (χ4v) is 2.94. The summed E-state index contributed by atoms with van der Waals surface area (Å²) in [6, 6.07) is 9.82. The molecule has 1 unspecified atom stereocenters. The second kappa shape index (κ2) is 10.6. The van der Waals surface area contributed by atoms with Crippen LogP contribution in [0.2, 0.25) is 0 Å². The summed E-state index contributed by atoms with van der Waals surface area (Å²) in [4.78, 5) is 9.04. The van der Waals surface area contributed by atoms with Gasteiger partial charge in [-0.25, -0.2) is 0 Å². The van der Waals surface area contributed by atoms with E-state index in [2.05, 4.69) is 22.0 Å². The molecule has 0 aliphatic heterocycles. The average Bonchev–Trinajstić information content (AvgIpc) is 3.21. The Hall–Kier alpha value is -2.67. The number of guanidine groups is 1. The van der Waals surface area contributed by atoms with Gasteiger partial charge >= 0.3 is 0 Å². The van der Waals surface area contributed by atoms with Crippen molar-refractivity contribution in [1.82, 2.24) is 15.1 Å². The van der Waals surface area contributed by atoms with Gasteiger partial charge < -0.3 is 24.1 Å². The van der Waals surface area contributed by atoms with Crippen LogP contribution in [-0.2, 0) is 6.54 Å². The first-order valence-electron chi connectivity index (χ1n) is 9.40. The molecule has 0 amide bonds. The molecule has 154 valence electrons. The van der Waals surface area contributed by atoms with Crippen molar-refractivity contribution in [2.75, 3.05) is 48.5 Å². The summed E-state index contributed by atoms with van der Waals surface area (Å²) in [5.41, 5.74) is 1.06. The van der Waals surface area contributed by atoms with E-state index in [1.54, 1.807) is 20.5 Å². The molecular weight excluding hydrogens is 356 g/mol. The molecule has 0 aliphatic rings. The van der Waals surface area contributed by atoms with Crippen molar-refractivity contribution in [1.29, 1.82) is 0 Å². The van der Waals surface area contributed by atoms with Crippen LogP contribution in [0.5, 0.6) is 11.5 Å². The van der Waals surface area contributed by atoms with Gasteiger partial charge in [0.15, 0.2) is 5.96 Å². The van der Waals surface area contributed by atoms with Gasteiger partial charge in [0, 0.05) is 31.8 Å². The molecule has 1 heterocycles. The number of ether oxygens (including phenoxy) is 2. The highest BCUT2D eigenvalue weighted by atomic mass is 16.5. The Morgan fingerprint density at radius 3 is 2.54 bits per heavy atom. The minimum Gasteiger partial charge on any atom is -0.497 e. The lowest BCUT2D eigenvalue weighted by atomic mass is 10.2. The molecule has 1 N–H and O–H groups in total. The Morgan fingerprint density at radius 1 is 1.18 bits per heavy atom. The monoisotopic (exact) mass is 388 g/mol. The van der Waals surface area contributed by atoms with Crippen molar-refractivity contribution < 1.29 is 13.9 Å². The lowest BCUT2D eigenvalue weighted by molar-refractivity contribution is 0.264. The van der Waals surface area contributed by atoms with Gasteiger partial charge in [-0.2, -0.15) is 0 Å². The largest absolute Gasteiger partial charge is 0.497 e. The molecule has 0 aliphatic carbocycles. The number of nitrogens with one attached hydrogen (secondary N) is 1. The second-order valence-electron chi connectivity index (χ2n) is 6.72. The Labute approximate surface area is 167 Å². The van der Waals surface area contributed by atoms with Crippen LogP contribution in [0.3, 0.4) is 0 Å². The van der Waals surface area contributed by atoms with E-state index in [4.69, 9.17) is 18.9 Å². The quantitative estimate of drug-likeness (QED) is 0.526. The summed E-state index contributed by atoms with van der Waals surface area (Å²) in [6.07, 6.45) is 1.70. The number of furan rings is 1. The fourth-order valence-electron chi connectivity index (χ4n) is 2.94. The molecular formula is C21H32N4O3. The van der Waals surface area contributed by atoms with Crippen molar-refractivity contribution >= 4 is 5.96 Å². The van der Waals surface area contributed by atoms with E-state index in [0.717, 1.165) is 35.3 Å². The van der Waals surface area contributed by atoms with E-state index >= 15 is 0 Å². The molecule has 0 spiro atoms. The molecule has 1 atom stereocenters. The van der Waals surface area contributed by atoms with Gasteiger partial charge in [0.2, 0.25) is 0 Å². The molecule has 1 aromatic carbocycles. The van der Waals surface area contributed by atoms with Gasteiger partial charge in [-0.1, -0.05) is 0 Å². The van der Waals surface area contributed by atoms with Crippen LogP contribution in [0, 0.1) is 0 Å². The highest BCUT2D eigenvalue weighted by Gasteiger charge is 2.18. The smallest absolute Gasteiger partial charge is 0.194 e. The van der Waals surface area contributed by atoms with Crippen LogP contribution in [0.4, 0.5) is 0 Å². The first-order valence-corrected chi connectivity index (χ1v) is 9.40. The van der Waals surface area contributed by atoms with E-state index < -0.39 is 0 Å². The lowest BCUT2D eigenvalue weighted by Gasteiger charge is -2.25. The van der Waals surface area contributed by atoms with E-state index in [0.29, 0.717) is 13.1 Å². The third kappa shape index (κ3) is 5.66. The van der Waals surface area contributed by atoms with Crippen molar-refractivity contribution in [3.63, 3.8) is 0 Å². The minimum atomic E-state index is 0.0765. The summed E-state index contributed by atoms with van der Waals surface area (Å²) < 4.78 is 16.4. The topological polar surface area (TPSA) is 62.5 Å². The van der Waals surface area contributed by atoms with Crippen LogP contribution in [0.25, 0.3) is 0 Å². The van der Waals surface area contributed by atoms with Crippen LogP contribution in [0.15, 0.2) is 46.0 Å². The zero-order valence-electron chi connectivity index (χ0n) is 17.7. The Kier molecular flexibility index (Phi) is 8.19. The SMILES string of the molecule is CCNC(=NCC(c1ccco1)N(C)C)N(C)Cc1ccc(OC)cc1OC. The van der Waals surface area contributed by atoms with Crippen molar-refractivity contribution in [2.45, 2.75) is 19.5 Å². The predicted molar refractivity (Wildman–Crippen MR) is 112 cm³/mol. The zero-order chi connectivity index (χ0) is 20.5. The summed E-state index contributed by atoms with van der Waals surface area (Å²) in [6.45, 7) is 4.10. The van der Waals surface area contributed by atoms with E-state index in [-0.39, 0.29) is 6.04 Å². The molecule has 0 saturated carbocycles. The number of hydrogen-bond donors (Lipinski definition) is 1. The highest BCUT2D eigenvalue weighted by molar-refractivity contribution is 5.79. The van der Waals surface area contributed by atoms with Crippen molar-refractivity contribution in [3.05, 3.63) is 47.9 Å². The summed E-state index contributed by atoms with van der Waals surface area (Å²) >= 11 is 0. The average molecular weight is 389 g/mol. The molecule has 0 radical (unpaired) electrons. The summed E-state index contributed by atoms with van der Waals surface area (Å²) in [5.74, 6) is 3.31. The van der Waals surface area contributed by atoms with E-state index in [1.165, 1.54) is 0 Å². The second-order valence-corrected chi connectivity index (χ2v) is 6.72. The molecule has 2 rings (SSSR count). The lowest BCUT2D eigenvalue weighted by Crippen LogP contribution is -2.39. The Bertz CT molecular complexity index is 744. The Balaban J connectivity index is 2.17. The summed E-state index contributed by atoms with van der Waals surface area (Å²) in [5, 5.41) is 3.36. The van der Waals surface area contributed by atoms with Gasteiger partial charge in [0.1, 0.15) is 17.3 Å². The van der Waals surface area contributed by atoms with E-state index in [1.807, 2.05) is 51.5 Å². The predicted octanol–water partition coefficient (Wildman–Crippen LogP) is 3.00. The van der Waals surface area contributed by atoms with Crippen molar-refractivity contribution in [2.24, 2.45) is 4.99 Å². The number of likely N-dealkylation sites (N-methyl/N-ethyl adjacent to an activating group) is 1. The Morgan fingerprint density at radius 2 is 1.96 bits per heavy atom. The number of hydrogen-bond acceptors (Lipinski definition) is 5. The number of methoxy groups -OCH3 is 2. The van der Waals surface area contributed by atoms with Gasteiger partial charge in [-0.15, -0.1) is 0 Å². The maximum absolute atomic E-state index is 5.58. The van der Waals surface area contributed by atoms with Crippen molar-refractivity contribution in [3.8, 4) is 11.5 Å². The molecule has 1 aromatic heterocycles. The third-order valence-corrected chi connectivity index (χ3v) is 4.51. The highest BCUT2D eigenvalue weighted by Crippen LogP contribution is 2.25. The number of rotatable bonds is 9. The first-order chi connectivity index (χ1) is 13.5. The fraction of sp³-hybridized carbons (Fsp3) is 0.476. The van der Waals surface area contributed by atoms with Gasteiger partial charge in [0.05, 0.1) is 33.1 Å². The molecule has 0 saturated heterocycles. The molecule has 28 heavy (non-hydrogen) atoms. The normalized spacial score (nSPS) is 12.8. The molecule has 7 heteroatoms.